The summed E-state index contributed by atoms with van der Waals surface area (Å²) in [5.41, 5.74) is 0.0827. The lowest BCUT2D eigenvalue weighted by atomic mass is 10.1. The Bertz CT molecular complexity index is 219. The van der Waals surface area contributed by atoms with Crippen molar-refractivity contribution in [1.29, 1.82) is 0 Å². The third-order valence-electron chi connectivity index (χ3n) is 2.60. The van der Waals surface area contributed by atoms with E-state index in [1.807, 2.05) is 0 Å². The van der Waals surface area contributed by atoms with E-state index in [0.29, 0.717) is 6.04 Å². The number of nitrogens with zero attached hydrogens (tertiary/aromatic N) is 2. The van der Waals surface area contributed by atoms with Crippen LogP contribution in [0.3, 0.4) is 0 Å². The molecule has 0 bridgehead atoms. The first-order chi connectivity index (χ1) is 7.29. The Morgan fingerprint density at radius 3 is 2.25 bits per heavy atom. The average molecular weight is 228 g/mol. The van der Waals surface area contributed by atoms with E-state index in [2.05, 4.69) is 69.2 Å². The lowest BCUT2D eigenvalue weighted by Crippen LogP contribution is -2.45. The molecule has 0 aliphatic carbocycles. The van der Waals surface area contributed by atoms with Crippen molar-refractivity contribution >= 4 is 5.96 Å². The largest absolute Gasteiger partial charge is 0.357 e. The molecule has 0 rings (SSSR count). The Morgan fingerprint density at radius 1 is 1.31 bits per heavy atom. The van der Waals surface area contributed by atoms with Gasteiger partial charge < -0.3 is 15.5 Å². The number of hydrogen-bond donors (Lipinski definition) is 2. The van der Waals surface area contributed by atoms with Crippen LogP contribution < -0.4 is 10.6 Å². The van der Waals surface area contributed by atoms with Gasteiger partial charge in [0.15, 0.2) is 5.96 Å². The Kier molecular flexibility index (Phi) is 6.41. The molecule has 0 amide bonds. The van der Waals surface area contributed by atoms with E-state index in [1.165, 1.54) is 0 Å². The second-order valence-electron chi connectivity index (χ2n) is 5.20. The minimum absolute atomic E-state index is 0.0827. The lowest BCUT2D eigenvalue weighted by Gasteiger charge is -2.31. The van der Waals surface area contributed by atoms with Crippen molar-refractivity contribution in [3.8, 4) is 0 Å². The van der Waals surface area contributed by atoms with E-state index in [9.17, 15) is 0 Å². The molecule has 96 valence electrons. The summed E-state index contributed by atoms with van der Waals surface area (Å²) in [5, 5.41) is 6.56. The molecule has 0 heterocycles. The molecule has 0 spiro atoms. The van der Waals surface area contributed by atoms with Crippen LogP contribution in [0.1, 0.15) is 34.6 Å². The van der Waals surface area contributed by atoms with Crippen LogP contribution >= 0.6 is 0 Å². The zero-order valence-electron chi connectivity index (χ0n) is 11.9. The predicted octanol–water partition coefficient (Wildman–Crippen LogP) is 1.29. The van der Waals surface area contributed by atoms with Crippen molar-refractivity contribution in [2.75, 3.05) is 27.2 Å². The zero-order valence-corrected chi connectivity index (χ0v) is 11.9. The van der Waals surface area contributed by atoms with Crippen molar-refractivity contribution < 1.29 is 0 Å². The van der Waals surface area contributed by atoms with Gasteiger partial charge in [-0.15, -0.1) is 0 Å². The van der Waals surface area contributed by atoms with Gasteiger partial charge in [0.05, 0.1) is 6.54 Å². The van der Waals surface area contributed by atoms with Crippen LogP contribution in [0.5, 0.6) is 0 Å². The molecule has 4 nitrogen and oxygen atoms in total. The molecule has 2 N–H and O–H groups in total. The Labute approximate surface area is 101 Å². The Morgan fingerprint density at radius 2 is 1.88 bits per heavy atom. The van der Waals surface area contributed by atoms with Gasteiger partial charge in [-0.25, -0.2) is 0 Å². The number of likely N-dealkylation sites (N-methyl/N-ethyl adjacent to an activating group) is 1. The minimum Gasteiger partial charge on any atom is -0.357 e. The van der Waals surface area contributed by atoms with Crippen LogP contribution in [-0.2, 0) is 0 Å². The number of guanidine groups is 1. The van der Waals surface area contributed by atoms with Crippen molar-refractivity contribution in [3.63, 3.8) is 0 Å². The van der Waals surface area contributed by atoms with E-state index in [0.717, 1.165) is 19.0 Å². The number of rotatable bonds is 5. The first-order valence-corrected chi connectivity index (χ1v) is 6.02. The Hall–Kier alpha value is -0.770. The molecule has 0 fully saturated rings. The molecule has 16 heavy (non-hydrogen) atoms. The standard InChI is InChI=1S/C12H28N4/c1-8-13-11(15-10(2)3)14-9-12(4,5)16(6)7/h10H,8-9H2,1-7H3,(H2,13,14,15). The van der Waals surface area contributed by atoms with Crippen LogP contribution in [0.2, 0.25) is 0 Å². The van der Waals surface area contributed by atoms with Gasteiger partial charge in [-0.2, -0.15) is 0 Å². The molecule has 0 aromatic carbocycles. The summed E-state index contributed by atoms with van der Waals surface area (Å²) in [4.78, 5) is 6.79. The smallest absolute Gasteiger partial charge is 0.191 e. The van der Waals surface area contributed by atoms with E-state index >= 15 is 0 Å². The summed E-state index contributed by atoms with van der Waals surface area (Å²) < 4.78 is 0. The molecule has 0 saturated carbocycles. The van der Waals surface area contributed by atoms with E-state index in [-0.39, 0.29) is 5.54 Å². The molecule has 0 radical (unpaired) electrons. The average Bonchev–Trinajstić information content (AvgIpc) is 2.13. The molecule has 0 aromatic rings. The van der Waals surface area contributed by atoms with Crippen molar-refractivity contribution in [3.05, 3.63) is 0 Å². The number of aliphatic imine (C=N–C) groups is 1. The highest BCUT2D eigenvalue weighted by Crippen LogP contribution is 2.09. The van der Waals surface area contributed by atoms with E-state index < -0.39 is 0 Å². The van der Waals surface area contributed by atoms with E-state index in [1.54, 1.807) is 0 Å². The normalized spacial score (nSPS) is 13.4. The van der Waals surface area contributed by atoms with Crippen molar-refractivity contribution in [2.24, 2.45) is 4.99 Å². The summed E-state index contributed by atoms with van der Waals surface area (Å²) in [6.07, 6.45) is 0. The van der Waals surface area contributed by atoms with E-state index in [4.69, 9.17) is 0 Å². The zero-order chi connectivity index (χ0) is 12.8. The van der Waals surface area contributed by atoms with Crippen LogP contribution in [0.25, 0.3) is 0 Å². The molecule has 0 aliphatic rings. The lowest BCUT2D eigenvalue weighted by molar-refractivity contribution is 0.204. The molecule has 0 atom stereocenters. The summed E-state index contributed by atoms with van der Waals surface area (Å²) in [7, 11) is 4.16. The molecule has 0 saturated heterocycles. The maximum Gasteiger partial charge on any atom is 0.191 e. The number of nitrogens with one attached hydrogen (secondary N) is 2. The van der Waals surface area contributed by atoms with Crippen LogP contribution in [0, 0.1) is 0 Å². The second kappa shape index (κ2) is 6.74. The highest BCUT2D eigenvalue weighted by atomic mass is 15.2. The van der Waals surface area contributed by atoms with Gasteiger partial charge in [0.1, 0.15) is 0 Å². The fourth-order valence-electron chi connectivity index (χ4n) is 1.01. The van der Waals surface area contributed by atoms with Gasteiger partial charge in [-0.1, -0.05) is 0 Å². The molecule has 0 aromatic heterocycles. The maximum atomic E-state index is 4.60. The fourth-order valence-corrected chi connectivity index (χ4v) is 1.01. The van der Waals surface area contributed by atoms with Crippen LogP contribution in [-0.4, -0.2) is 49.6 Å². The van der Waals surface area contributed by atoms with Crippen LogP contribution in [0.15, 0.2) is 4.99 Å². The van der Waals surface area contributed by atoms with Crippen molar-refractivity contribution in [2.45, 2.75) is 46.2 Å². The molecule has 0 aliphatic heterocycles. The summed E-state index contributed by atoms with van der Waals surface area (Å²) in [6.45, 7) is 12.4. The van der Waals surface area contributed by atoms with Crippen molar-refractivity contribution in [1.82, 2.24) is 15.5 Å². The third kappa shape index (κ3) is 5.95. The fraction of sp³-hybridized carbons (Fsp3) is 0.917. The van der Waals surface area contributed by atoms with Gasteiger partial charge in [-0.05, 0) is 48.7 Å². The highest BCUT2D eigenvalue weighted by Gasteiger charge is 2.19. The molecule has 0 unspecified atom stereocenters. The summed E-state index contributed by atoms with van der Waals surface area (Å²) >= 11 is 0. The van der Waals surface area contributed by atoms with Gasteiger partial charge in [-0.3, -0.25) is 4.99 Å². The SMILES string of the molecule is CCNC(=NCC(C)(C)N(C)C)NC(C)C. The first kappa shape index (κ1) is 15.2. The van der Waals surface area contributed by atoms with Gasteiger partial charge in [0.2, 0.25) is 0 Å². The quantitative estimate of drug-likeness (QED) is 0.550. The monoisotopic (exact) mass is 228 g/mol. The van der Waals surface area contributed by atoms with Gasteiger partial charge in [0.25, 0.3) is 0 Å². The maximum absolute atomic E-state index is 4.60. The molecular weight excluding hydrogens is 200 g/mol. The second-order valence-corrected chi connectivity index (χ2v) is 5.20. The molecule has 4 heteroatoms. The molecular formula is C12H28N4. The van der Waals surface area contributed by atoms with Gasteiger partial charge >= 0.3 is 0 Å². The number of hydrogen-bond acceptors (Lipinski definition) is 2. The summed E-state index contributed by atoms with van der Waals surface area (Å²) in [5.74, 6) is 0.896. The summed E-state index contributed by atoms with van der Waals surface area (Å²) in [6, 6.07) is 0.403. The topological polar surface area (TPSA) is 39.7 Å². The van der Waals surface area contributed by atoms with Crippen LogP contribution in [0.4, 0.5) is 0 Å². The highest BCUT2D eigenvalue weighted by molar-refractivity contribution is 5.80. The predicted molar refractivity (Wildman–Crippen MR) is 72.0 cm³/mol. The minimum atomic E-state index is 0.0827. The Balaban J connectivity index is 4.43. The third-order valence-corrected chi connectivity index (χ3v) is 2.60. The van der Waals surface area contributed by atoms with Gasteiger partial charge in [0, 0.05) is 18.1 Å². The first-order valence-electron chi connectivity index (χ1n) is 6.02.